The van der Waals surface area contributed by atoms with Gasteiger partial charge in [-0.2, -0.15) is 5.10 Å². The molecule has 18 heavy (non-hydrogen) atoms. The van der Waals surface area contributed by atoms with E-state index in [1.54, 1.807) is 6.20 Å². The Balaban J connectivity index is 2.41. The zero-order chi connectivity index (χ0) is 12.9. The van der Waals surface area contributed by atoms with Gasteiger partial charge in [0.1, 0.15) is 0 Å². The average Bonchev–Trinajstić information content (AvgIpc) is 2.82. The van der Waals surface area contributed by atoms with Crippen LogP contribution in [0.15, 0.2) is 35.1 Å². The average molecular weight is 305 g/mol. The fourth-order valence-electron chi connectivity index (χ4n) is 2.39. The molecule has 0 radical (unpaired) electrons. The highest BCUT2D eigenvalue weighted by Crippen LogP contribution is 2.35. The van der Waals surface area contributed by atoms with Gasteiger partial charge in [-0.05, 0) is 22.0 Å². The summed E-state index contributed by atoms with van der Waals surface area (Å²) in [6.45, 7) is 0. The van der Waals surface area contributed by atoms with E-state index in [0.717, 1.165) is 21.2 Å². The van der Waals surface area contributed by atoms with Crippen LogP contribution >= 0.6 is 15.9 Å². The Hall–Kier alpha value is -1.75. The van der Waals surface area contributed by atoms with Crippen LogP contribution in [0.4, 0.5) is 5.69 Å². The molecular weight excluding hydrogens is 292 g/mol. The van der Waals surface area contributed by atoms with E-state index in [0.29, 0.717) is 5.69 Å². The van der Waals surface area contributed by atoms with Crippen molar-refractivity contribution >= 4 is 32.5 Å². The molecule has 5 heteroatoms. The summed E-state index contributed by atoms with van der Waals surface area (Å²) in [5, 5.41) is 5.37. The molecule has 92 valence electrons. The number of nitrogen functional groups attached to an aromatic ring is 1. The van der Waals surface area contributed by atoms with Gasteiger partial charge in [-0.1, -0.05) is 12.1 Å². The Morgan fingerprint density at radius 2 is 2.06 bits per heavy atom. The number of rotatable bonds is 1. The second-order valence-electron chi connectivity index (χ2n) is 4.36. The van der Waals surface area contributed by atoms with Gasteiger partial charge in [0.05, 0.1) is 23.1 Å². The van der Waals surface area contributed by atoms with E-state index in [2.05, 4.69) is 37.9 Å². The molecular formula is C13H13BrN4. The quantitative estimate of drug-likeness (QED) is 0.751. The predicted octanol–water partition coefficient (Wildman–Crippen LogP) is 2.92. The van der Waals surface area contributed by atoms with Gasteiger partial charge in [0, 0.05) is 35.7 Å². The van der Waals surface area contributed by atoms with Crippen molar-refractivity contribution in [3.8, 4) is 11.3 Å². The first-order valence-electron chi connectivity index (χ1n) is 5.61. The first kappa shape index (κ1) is 11.3. The number of fused-ring (bicyclic) bond motifs is 1. The van der Waals surface area contributed by atoms with Crippen LogP contribution in [-0.4, -0.2) is 14.3 Å². The summed E-state index contributed by atoms with van der Waals surface area (Å²) >= 11 is 3.59. The summed E-state index contributed by atoms with van der Waals surface area (Å²) in [6.07, 6.45) is 3.77. The number of aryl methyl sites for hydroxylation is 2. The monoisotopic (exact) mass is 304 g/mol. The number of anilines is 1. The second kappa shape index (κ2) is 3.88. The van der Waals surface area contributed by atoms with E-state index in [4.69, 9.17) is 5.73 Å². The number of hydrogen-bond donors (Lipinski definition) is 1. The predicted molar refractivity (Wildman–Crippen MR) is 77.2 cm³/mol. The minimum absolute atomic E-state index is 0.699. The van der Waals surface area contributed by atoms with Gasteiger partial charge in [-0.25, -0.2) is 0 Å². The summed E-state index contributed by atoms with van der Waals surface area (Å²) in [6, 6.07) is 6.17. The maximum Gasteiger partial charge on any atom is 0.0930 e. The van der Waals surface area contributed by atoms with Crippen molar-refractivity contribution in [3.05, 3.63) is 35.1 Å². The van der Waals surface area contributed by atoms with Crippen molar-refractivity contribution in [1.29, 1.82) is 0 Å². The molecule has 2 aromatic heterocycles. The van der Waals surface area contributed by atoms with Crippen molar-refractivity contribution in [2.24, 2.45) is 14.1 Å². The van der Waals surface area contributed by atoms with Gasteiger partial charge < -0.3 is 10.3 Å². The van der Waals surface area contributed by atoms with Crippen LogP contribution in [0, 0.1) is 0 Å². The minimum Gasteiger partial charge on any atom is -0.396 e. The van der Waals surface area contributed by atoms with E-state index in [1.165, 1.54) is 5.39 Å². The number of para-hydroxylation sites is 1. The molecule has 0 spiro atoms. The van der Waals surface area contributed by atoms with E-state index in [-0.39, 0.29) is 0 Å². The van der Waals surface area contributed by atoms with Crippen molar-refractivity contribution in [2.75, 3.05) is 5.73 Å². The summed E-state index contributed by atoms with van der Waals surface area (Å²) in [5.41, 5.74) is 9.93. The topological polar surface area (TPSA) is 48.8 Å². The van der Waals surface area contributed by atoms with Gasteiger partial charge in [0.2, 0.25) is 0 Å². The Labute approximate surface area is 113 Å². The molecule has 4 nitrogen and oxygen atoms in total. The van der Waals surface area contributed by atoms with Crippen LogP contribution in [0.25, 0.3) is 22.2 Å². The molecule has 0 saturated carbocycles. The maximum atomic E-state index is 6.01. The molecule has 0 aliphatic carbocycles. The zero-order valence-corrected chi connectivity index (χ0v) is 11.8. The summed E-state index contributed by atoms with van der Waals surface area (Å²) in [7, 11) is 3.94. The van der Waals surface area contributed by atoms with Crippen molar-refractivity contribution in [2.45, 2.75) is 0 Å². The molecule has 0 aliphatic heterocycles. The van der Waals surface area contributed by atoms with Gasteiger partial charge in [-0.3, -0.25) is 4.68 Å². The fourth-order valence-corrected chi connectivity index (χ4v) is 3.04. The maximum absolute atomic E-state index is 6.01. The van der Waals surface area contributed by atoms with Gasteiger partial charge in [-0.15, -0.1) is 0 Å². The van der Waals surface area contributed by atoms with Crippen molar-refractivity contribution in [1.82, 2.24) is 14.3 Å². The molecule has 0 atom stereocenters. The Morgan fingerprint density at radius 3 is 2.72 bits per heavy atom. The minimum atomic E-state index is 0.699. The summed E-state index contributed by atoms with van der Waals surface area (Å²) < 4.78 is 4.99. The van der Waals surface area contributed by atoms with Crippen LogP contribution in [-0.2, 0) is 14.1 Å². The molecule has 0 bridgehead atoms. The van der Waals surface area contributed by atoms with Gasteiger partial charge in [0.15, 0.2) is 0 Å². The molecule has 2 heterocycles. The molecule has 3 aromatic rings. The number of hydrogen-bond acceptors (Lipinski definition) is 2. The van der Waals surface area contributed by atoms with Crippen LogP contribution in [0.5, 0.6) is 0 Å². The Kier molecular flexibility index (Phi) is 2.45. The lowest BCUT2D eigenvalue weighted by Gasteiger charge is -2.02. The lowest BCUT2D eigenvalue weighted by Crippen LogP contribution is -1.95. The zero-order valence-electron chi connectivity index (χ0n) is 10.2. The van der Waals surface area contributed by atoms with Crippen molar-refractivity contribution in [3.63, 3.8) is 0 Å². The van der Waals surface area contributed by atoms with E-state index in [9.17, 15) is 0 Å². The summed E-state index contributed by atoms with van der Waals surface area (Å²) in [4.78, 5) is 0. The molecule has 0 aliphatic rings. The van der Waals surface area contributed by atoms with E-state index < -0.39 is 0 Å². The van der Waals surface area contributed by atoms with Gasteiger partial charge in [0.25, 0.3) is 0 Å². The number of halogens is 1. The highest BCUT2D eigenvalue weighted by molar-refractivity contribution is 9.10. The van der Waals surface area contributed by atoms with E-state index in [1.807, 2.05) is 30.9 Å². The molecule has 3 rings (SSSR count). The van der Waals surface area contributed by atoms with E-state index >= 15 is 0 Å². The third kappa shape index (κ3) is 1.47. The van der Waals surface area contributed by atoms with Crippen molar-refractivity contribution < 1.29 is 0 Å². The lowest BCUT2D eigenvalue weighted by molar-refractivity contribution is 0.776. The van der Waals surface area contributed by atoms with Gasteiger partial charge >= 0.3 is 0 Å². The Bertz CT molecular complexity index is 719. The van der Waals surface area contributed by atoms with Crippen LogP contribution in [0.1, 0.15) is 0 Å². The highest BCUT2D eigenvalue weighted by atomic mass is 79.9. The first-order chi connectivity index (χ1) is 8.59. The van der Waals surface area contributed by atoms with Crippen LogP contribution in [0.2, 0.25) is 0 Å². The molecule has 2 N–H and O–H groups in total. The Morgan fingerprint density at radius 1 is 1.28 bits per heavy atom. The SMILES string of the molecule is Cn1ncc(N)c1-c1cn(C)c2c(Br)cccc12. The lowest BCUT2D eigenvalue weighted by atomic mass is 10.1. The largest absolute Gasteiger partial charge is 0.396 e. The molecule has 0 saturated heterocycles. The molecule has 0 amide bonds. The number of nitrogens with zero attached hydrogens (tertiary/aromatic N) is 3. The first-order valence-corrected chi connectivity index (χ1v) is 6.40. The molecule has 0 unspecified atom stereocenters. The fraction of sp³-hybridized carbons (Fsp3) is 0.154. The highest BCUT2D eigenvalue weighted by Gasteiger charge is 2.15. The second-order valence-corrected chi connectivity index (χ2v) is 5.22. The third-order valence-corrected chi connectivity index (χ3v) is 3.81. The number of nitrogens with two attached hydrogens (primary N) is 1. The van der Waals surface area contributed by atoms with Crippen LogP contribution < -0.4 is 5.73 Å². The summed E-state index contributed by atoms with van der Waals surface area (Å²) in [5.74, 6) is 0. The molecule has 0 fully saturated rings. The standard InChI is InChI=1S/C13H13BrN4/c1-17-7-9(13-11(15)6-16-18(13)2)8-4-3-5-10(14)12(8)17/h3-7H,15H2,1-2H3. The third-order valence-electron chi connectivity index (χ3n) is 3.17. The number of benzene rings is 1. The smallest absolute Gasteiger partial charge is 0.0930 e. The van der Waals surface area contributed by atoms with Crippen LogP contribution in [0.3, 0.4) is 0 Å². The number of aromatic nitrogens is 3. The normalized spacial score (nSPS) is 11.3. The molecule has 1 aromatic carbocycles.